The van der Waals surface area contributed by atoms with Crippen molar-refractivity contribution < 1.29 is 18.4 Å². The summed E-state index contributed by atoms with van der Waals surface area (Å²) in [6.45, 7) is 2.07. The molecule has 0 unspecified atom stereocenters. The van der Waals surface area contributed by atoms with Gasteiger partial charge in [-0.15, -0.1) is 0 Å². The van der Waals surface area contributed by atoms with E-state index in [1.807, 2.05) is 4.90 Å². The van der Waals surface area contributed by atoms with Crippen LogP contribution < -0.4 is 0 Å². The van der Waals surface area contributed by atoms with Gasteiger partial charge in [-0.1, -0.05) is 18.9 Å². The number of hydrogen-bond acceptors (Lipinski definition) is 2. The minimum absolute atomic E-state index is 0.0557. The molecule has 1 aromatic carbocycles. The molecule has 6 heteroatoms. The summed E-state index contributed by atoms with van der Waals surface area (Å²) in [5.74, 6) is -1.36. The van der Waals surface area contributed by atoms with Gasteiger partial charge in [-0.05, 0) is 49.8 Å². The Kier molecular flexibility index (Phi) is 4.91. The van der Waals surface area contributed by atoms with Crippen molar-refractivity contribution >= 4 is 11.8 Å². The van der Waals surface area contributed by atoms with Crippen LogP contribution in [0.15, 0.2) is 18.2 Å². The minimum atomic E-state index is -0.888. The smallest absolute Gasteiger partial charge is 0.230 e. The van der Waals surface area contributed by atoms with E-state index in [0.717, 1.165) is 50.7 Å². The molecule has 1 spiro atoms. The van der Waals surface area contributed by atoms with E-state index in [-0.39, 0.29) is 24.3 Å². The Labute approximate surface area is 158 Å². The number of amides is 2. The third kappa shape index (κ3) is 3.46. The number of nitrogens with zero attached hydrogens (tertiary/aromatic N) is 2. The molecule has 3 fully saturated rings. The van der Waals surface area contributed by atoms with Crippen molar-refractivity contribution in [1.82, 2.24) is 9.80 Å². The van der Waals surface area contributed by atoms with Crippen molar-refractivity contribution in [3.8, 4) is 0 Å². The molecule has 1 saturated carbocycles. The lowest BCUT2D eigenvalue weighted by atomic mass is 9.78. The molecule has 2 aliphatic heterocycles. The summed E-state index contributed by atoms with van der Waals surface area (Å²) < 4.78 is 26.6. The number of carbonyl (C=O) groups is 2. The first-order chi connectivity index (χ1) is 13.0. The molecule has 146 valence electrons. The maximum Gasteiger partial charge on any atom is 0.230 e. The summed E-state index contributed by atoms with van der Waals surface area (Å²) in [5, 5.41) is 0. The highest BCUT2D eigenvalue weighted by Gasteiger charge is 2.50. The van der Waals surface area contributed by atoms with E-state index in [1.54, 1.807) is 4.90 Å². The second-order valence-electron chi connectivity index (χ2n) is 8.35. The van der Waals surface area contributed by atoms with Crippen molar-refractivity contribution in [2.24, 2.45) is 11.3 Å². The quantitative estimate of drug-likeness (QED) is 0.810. The average molecular weight is 376 g/mol. The van der Waals surface area contributed by atoms with E-state index in [0.29, 0.717) is 31.6 Å². The van der Waals surface area contributed by atoms with Crippen LogP contribution in [-0.2, 0) is 16.1 Å². The first-order valence-electron chi connectivity index (χ1n) is 10.0. The van der Waals surface area contributed by atoms with Gasteiger partial charge < -0.3 is 9.80 Å². The van der Waals surface area contributed by atoms with Crippen LogP contribution in [0.25, 0.3) is 0 Å². The van der Waals surface area contributed by atoms with E-state index in [4.69, 9.17) is 0 Å². The Bertz CT molecular complexity index is 748. The van der Waals surface area contributed by atoms with Gasteiger partial charge in [0.15, 0.2) is 11.6 Å². The fraction of sp³-hybridized carbons (Fsp3) is 0.619. The van der Waals surface area contributed by atoms with E-state index < -0.39 is 17.0 Å². The Balaban J connectivity index is 1.45. The summed E-state index contributed by atoms with van der Waals surface area (Å²) in [6.07, 6.45) is 6.57. The lowest BCUT2D eigenvalue weighted by Crippen LogP contribution is -2.50. The summed E-state index contributed by atoms with van der Waals surface area (Å²) >= 11 is 0. The summed E-state index contributed by atoms with van der Waals surface area (Å²) in [4.78, 5) is 29.6. The van der Waals surface area contributed by atoms with Gasteiger partial charge in [0, 0.05) is 32.1 Å². The van der Waals surface area contributed by atoms with Gasteiger partial charge in [0.05, 0.1) is 5.41 Å². The highest BCUT2D eigenvalue weighted by molar-refractivity contribution is 5.86. The van der Waals surface area contributed by atoms with Crippen molar-refractivity contribution in [1.29, 1.82) is 0 Å². The standard InChI is InChI=1S/C21H26F2N2O2/c22-17-7-6-15(12-18(17)23)13-24-10-3-8-21(20(24)27)9-11-25(14-21)19(26)16-4-1-2-5-16/h6-7,12,16H,1-5,8-11,13-14H2/t21-/m1/s1. The maximum absolute atomic E-state index is 13.5. The lowest BCUT2D eigenvalue weighted by Gasteiger charge is -2.39. The van der Waals surface area contributed by atoms with Crippen molar-refractivity contribution in [3.05, 3.63) is 35.4 Å². The molecule has 0 bridgehead atoms. The van der Waals surface area contributed by atoms with Crippen LogP contribution in [0.2, 0.25) is 0 Å². The van der Waals surface area contributed by atoms with Gasteiger partial charge in [-0.2, -0.15) is 0 Å². The van der Waals surface area contributed by atoms with Crippen LogP contribution in [0.5, 0.6) is 0 Å². The van der Waals surface area contributed by atoms with E-state index in [1.165, 1.54) is 6.07 Å². The zero-order valence-electron chi connectivity index (χ0n) is 15.6. The first kappa shape index (κ1) is 18.4. The zero-order valence-corrected chi connectivity index (χ0v) is 15.6. The zero-order chi connectivity index (χ0) is 19.0. The van der Waals surface area contributed by atoms with E-state index >= 15 is 0 Å². The monoisotopic (exact) mass is 376 g/mol. The number of halogens is 2. The molecule has 1 aliphatic carbocycles. The molecule has 1 atom stereocenters. The molecule has 27 heavy (non-hydrogen) atoms. The number of benzene rings is 1. The highest BCUT2D eigenvalue weighted by Crippen LogP contribution is 2.41. The normalized spacial score (nSPS) is 26.4. The van der Waals surface area contributed by atoms with E-state index in [2.05, 4.69) is 0 Å². The molecule has 4 rings (SSSR count). The molecular weight excluding hydrogens is 350 g/mol. The Morgan fingerprint density at radius 1 is 1.07 bits per heavy atom. The molecule has 2 saturated heterocycles. The lowest BCUT2D eigenvalue weighted by molar-refractivity contribution is -0.147. The molecule has 4 nitrogen and oxygen atoms in total. The summed E-state index contributed by atoms with van der Waals surface area (Å²) in [5.41, 5.74) is 0.0987. The first-order valence-corrected chi connectivity index (χ1v) is 10.0. The molecule has 2 heterocycles. The minimum Gasteiger partial charge on any atom is -0.341 e. The third-order valence-electron chi connectivity index (χ3n) is 6.55. The number of carbonyl (C=O) groups excluding carboxylic acids is 2. The Morgan fingerprint density at radius 2 is 1.85 bits per heavy atom. The largest absolute Gasteiger partial charge is 0.341 e. The van der Waals surface area contributed by atoms with E-state index in [9.17, 15) is 18.4 Å². The third-order valence-corrected chi connectivity index (χ3v) is 6.55. The number of likely N-dealkylation sites (tertiary alicyclic amines) is 2. The average Bonchev–Trinajstić information content (AvgIpc) is 3.33. The fourth-order valence-electron chi connectivity index (χ4n) is 5.03. The molecule has 2 amide bonds. The molecule has 0 aromatic heterocycles. The van der Waals surface area contributed by atoms with Crippen molar-refractivity contribution in [2.75, 3.05) is 19.6 Å². The van der Waals surface area contributed by atoms with Gasteiger partial charge in [0.2, 0.25) is 11.8 Å². The Hall–Kier alpha value is -1.98. The summed E-state index contributed by atoms with van der Waals surface area (Å²) in [7, 11) is 0. The van der Waals surface area contributed by atoms with Crippen LogP contribution in [0, 0.1) is 23.0 Å². The van der Waals surface area contributed by atoms with Gasteiger partial charge >= 0.3 is 0 Å². The molecule has 3 aliphatic rings. The number of hydrogen-bond donors (Lipinski definition) is 0. The molecule has 1 aromatic rings. The molecular formula is C21H26F2N2O2. The molecule has 0 radical (unpaired) electrons. The number of rotatable bonds is 3. The number of piperidine rings is 1. The van der Waals surface area contributed by atoms with Gasteiger partial charge in [0.25, 0.3) is 0 Å². The fourth-order valence-corrected chi connectivity index (χ4v) is 5.03. The van der Waals surface area contributed by atoms with Gasteiger partial charge in [-0.25, -0.2) is 8.78 Å². The Morgan fingerprint density at radius 3 is 2.59 bits per heavy atom. The van der Waals surface area contributed by atoms with Crippen LogP contribution in [0.1, 0.15) is 50.5 Å². The maximum atomic E-state index is 13.5. The van der Waals surface area contributed by atoms with Crippen LogP contribution in [0.4, 0.5) is 8.78 Å². The summed E-state index contributed by atoms with van der Waals surface area (Å²) in [6, 6.07) is 3.79. The van der Waals surface area contributed by atoms with Gasteiger partial charge in [0.1, 0.15) is 0 Å². The van der Waals surface area contributed by atoms with Crippen LogP contribution in [-0.4, -0.2) is 41.2 Å². The predicted octanol–water partition coefficient (Wildman–Crippen LogP) is 3.50. The second kappa shape index (κ2) is 7.21. The highest BCUT2D eigenvalue weighted by atomic mass is 19.2. The molecule has 0 N–H and O–H groups in total. The van der Waals surface area contributed by atoms with Gasteiger partial charge in [-0.3, -0.25) is 9.59 Å². The predicted molar refractivity (Wildman–Crippen MR) is 96.6 cm³/mol. The van der Waals surface area contributed by atoms with Crippen LogP contribution >= 0.6 is 0 Å². The topological polar surface area (TPSA) is 40.6 Å². The van der Waals surface area contributed by atoms with Crippen LogP contribution in [0.3, 0.4) is 0 Å². The SMILES string of the molecule is O=C(C1CCCC1)N1CC[C@]2(CCCN(Cc3ccc(F)c(F)c3)C2=O)C1. The second-order valence-corrected chi connectivity index (χ2v) is 8.35. The van der Waals surface area contributed by atoms with Crippen molar-refractivity contribution in [3.63, 3.8) is 0 Å². The van der Waals surface area contributed by atoms with Crippen molar-refractivity contribution in [2.45, 2.75) is 51.5 Å².